The third-order valence-corrected chi connectivity index (χ3v) is 4.28. The Labute approximate surface area is 119 Å². The zero-order valence-corrected chi connectivity index (χ0v) is 12.7. The Morgan fingerprint density at radius 1 is 1.32 bits per heavy atom. The lowest BCUT2D eigenvalue weighted by molar-refractivity contribution is 0.318. The molecule has 0 radical (unpaired) electrons. The van der Waals surface area contributed by atoms with Crippen LogP contribution >= 0.6 is 0 Å². The van der Waals surface area contributed by atoms with Gasteiger partial charge < -0.3 is 10.5 Å². The van der Waals surface area contributed by atoms with E-state index < -0.39 is 10.8 Å². The lowest BCUT2D eigenvalue weighted by Crippen LogP contribution is -2.09. The summed E-state index contributed by atoms with van der Waals surface area (Å²) in [6, 6.07) is 7.80. The molecule has 0 fully saturated rings. The van der Waals surface area contributed by atoms with Crippen LogP contribution in [0.1, 0.15) is 32.3 Å². The molecule has 0 saturated carbocycles. The molecule has 0 spiro atoms. The molecule has 19 heavy (non-hydrogen) atoms. The second-order valence-electron chi connectivity index (χ2n) is 5.08. The topological polar surface area (TPSA) is 52.3 Å². The van der Waals surface area contributed by atoms with E-state index >= 15 is 0 Å². The minimum atomic E-state index is -0.704. The Hall–Kier alpha value is -0.870. The van der Waals surface area contributed by atoms with Gasteiger partial charge in [0.25, 0.3) is 0 Å². The number of hydrogen-bond donors (Lipinski definition) is 1. The van der Waals surface area contributed by atoms with Gasteiger partial charge in [0.15, 0.2) is 0 Å². The van der Waals surface area contributed by atoms with E-state index in [4.69, 9.17) is 10.5 Å². The maximum Gasteiger partial charge on any atom is 0.119 e. The van der Waals surface area contributed by atoms with Gasteiger partial charge in [-0.1, -0.05) is 26.0 Å². The molecule has 108 valence electrons. The maximum absolute atomic E-state index is 11.7. The molecular weight excluding hydrogens is 258 g/mol. The molecule has 4 heteroatoms. The van der Waals surface area contributed by atoms with Crippen molar-refractivity contribution in [1.82, 2.24) is 0 Å². The van der Waals surface area contributed by atoms with Crippen LogP contribution < -0.4 is 10.5 Å². The van der Waals surface area contributed by atoms with Gasteiger partial charge in [0.1, 0.15) is 5.75 Å². The monoisotopic (exact) mass is 283 g/mol. The lowest BCUT2D eigenvalue weighted by Gasteiger charge is -2.08. The summed E-state index contributed by atoms with van der Waals surface area (Å²) in [6.07, 6.45) is 1.86. The molecule has 2 N–H and O–H groups in total. The molecule has 0 amide bonds. The Morgan fingerprint density at radius 2 is 2.11 bits per heavy atom. The first-order chi connectivity index (χ1) is 9.11. The van der Waals surface area contributed by atoms with Crippen molar-refractivity contribution in [3.8, 4) is 5.75 Å². The smallest absolute Gasteiger partial charge is 0.119 e. The minimum absolute atomic E-state index is 0.524. The normalized spacial score (nSPS) is 12.6. The zero-order valence-electron chi connectivity index (χ0n) is 11.9. The van der Waals surface area contributed by atoms with Gasteiger partial charge in [-0.05, 0) is 36.5 Å². The number of benzene rings is 1. The zero-order chi connectivity index (χ0) is 14.1. The number of hydrogen-bond acceptors (Lipinski definition) is 3. The highest BCUT2D eigenvalue weighted by molar-refractivity contribution is 7.84. The van der Waals surface area contributed by atoms with Crippen LogP contribution in [0.5, 0.6) is 5.75 Å². The lowest BCUT2D eigenvalue weighted by atomic mass is 10.2. The Morgan fingerprint density at radius 3 is 2.79 bits per heavy atom. The first-order valence-corrected chi connectivity index (χ1v) is 8.37. The van der Waals surface area contributed by atoms with E-state index in [1.165, 1.54) is 0 Å². The third kappa shape index (κ3) is 7.33. The molecule has 0 aromatic heterocycles. The van der Waals surface area contributed by atoms with E-state index in [2.05, 4.69) is 13.8 Å². The molecule has 1 rings (SSSR count). The molecule has 3 nitrogen and oxygen atoms in total. The van der Waals surface area contributed by atoms with Gasteiger partial charge in [0, 0.05) is 28.9 Å². The quantitative estimate of drug-likeness (QED) is 0.709. The summed E-state index contributed by atoms with van der Waals surface area (Å²) in [5, 5.41) is 0. The molecule has 0 aliphatic rings. The fourth-order valence-corrected chi connectivity index (χ4v) is 3.02. The maximum atomic E-state index is 11.7. The second-order valence-corrected chi connectivity index (χ2v) is 6.78. The van der Waals surface area contributed by atoms with Crippen molar-refractivity contribution in [3.63, 3.8) is 0 Å². The van der Waals surface area contributed by atoms with Gasteiger partial charge in [0.05, 0.1) is 6.61 Å². The summed E-state index contributed by atoms with van der Waals surface area (Å²) in [6.45, 7) is 5.45. The van der Waals surface area contributed by atoms with Crippen LogP contribution in [0.2, 0.25) is 0 Å². The van der Waals surface area contributed by atoms with Crippen LogP contribution in [0.15, 0.2) is 24.3 Å². The highest BCUT2D eigenvalue weighted by Crippen LogP contribution is 2.13. The molecule has 1 aromatic carbocycles. The summed E-state index contributed by atoms with van der Waals surface area (Å²) in [7, 11) is -0.704. The van der Waals surface area contributed by atoms with Gasteiger partial charge in [-0.15, -0.1) is 0 Å². The van der Waals surface area contributed by atoms with Gasteiger partial charge in [-0.25, -0.2) is 0 Å². The molecule has 0 heterocycles. The molecule has 0 saturated heterocycles. The molecule has 1 atom stereocenters. The standard InChI is InChI=1S/C15H25NO2S/c1-13(2)7-10-19(17)9-4-8-18-15-6-3-5-14(11-15)12-16/h3,5-6,11,13H,4,7-10,12,16H2,1-2H3. The summed E-state index contributed by atoms with van der Waals surface area (Å²) in [5.41, 5.74) is 6.64. The van der Waals surface area contributed by atoms with E-state index in [1.54, 1.807) is 0 Å². The largest absolute Gasteiger partial charge is 0.494 e. The van der Waals surface area contributed by atoms with Gasteiger partial charge in [-0.2, -0.15) is 0 Å². The molecule has 0 bridgehead atoms. The summed E-state index contributed by atoms with van der Waals surface area (Å²) in [5.74, 6) is 3.00. The highest BCUT2D eigenvalue weighted by Gasteiger charge is 2.02. The van der Waals surface area contributed by atoms with E-state index in [0.29, 0.717) is 19.1 Å². The van der Waals surface area contributed by atoms with Gasteiger partial charge >= 0.3 is 0 Å². The average molecular weight is 283 g/mol. The van der Waals surface area contributed by atoms with Crippen molar-refractivity contribution >= 4 is 10.8 Å². The fraction of sp³-hybridized carbons (Fsp3) is 0.600. The van der Waals surface area contributed by atoms with Crippen LogP contribution in [-0.2, 0) is 17.3 Å². The van der Waals surface area contributed by atoms with Crippen molar-refractivity contribution in [2.45, 2.75) is 33.2 Å². The summed E-state index contributed by atoms with van der Waals surface area (Å²) in [4.78, 5) is 0. The van der Waals surface area contributed by atoms with Crippen molar-refractivity contribution in [3.05, 3.63) is 29.8 Å². The summed E-state index contributed by atoms with van der Waals surface area (Å²) >= 11 is 0. The first-order valence-electron chi connectivity index (χ1n) is 6.88. The SMILES string of the molecule is CC(C)CCS(=O)CCCOc1cccc(CN)c1. The number of rotatable bonds is 9. The minimum Gasteiger partial charge on any atom is -0.494 e. The predicted molar refractivity (Wildman–Crippen MR) is 81.8 cm³/mol. The average Bonchev–Trinajstić information content (AvgIpc) is 2.41. The summed E-state index contributed by atoms with van der Waals surface area (Å²) < 4.78 is 17.3. The van der Waals surface area contributed by atoms with Crippen molar-refractivity contribution in [2.24, 2.45) is 11.7 Å². The number of nitrogens with two attached hydrogens (primary N) is 1. The fourth-order valence-electron chi connectivity index (χ4n) is 1.64. The van der Waals surface area contributed by atoms with Crippen LogP contribution in [0.4, 0.5) is 0 Å². The van der Waals surface area contributed by atoms with Crippen LogP contribution in [0, 0.1) is 5.92 Å². The van der Waals surface area contributed by atoms with Crippen molar-refractivity contribution in [2.75, 3.05) is 18.1 Å². The van der Waals surface area contributed by atoms with Gasteiger partial charge in [0.2, 0.25) is 0 Å². The van der Waals surface area contributed by atoms with E-state index in [-0.39, 0.29) is 0 Å². The molecule has 1 aromatic rings. The molecular formula is C15H25NO2S. The van der Waals surface area contributed by atoms with Crippen molar-refractivity contribution < 1.29 is 8.95 Å². The Bertz CT molecular complexity index is 393. The van der Waals surface area contributed by atoms with E-state index in [9.17, 15) is 4.21 Å². The molecule has 1 unspecified atom stereocenters. The second kappa shape index (κ2) is 9.10. The Kier molecular flexibility index (Phi) is 7.75. The first kappa shape index (κ1) is 16.2. The third-order valence-electron chi connectivity index (χ3n) is 2.84. The van der Waals surface area contributed by atoms with Crippen LogP contribution in [-0.4, -0.2) is 22.3 Å². The Balaban J connectivity index is 2.18. The van der Waals surface area contributed by atoms with Crippen molar-refractivity contribution in [1.29, 1.82) is 0 Å². The van der Waals surface area contributed by atoms with E-state index in [1.807, 2.05) is 24.3 Å². The molecule has 0 aliphatic heterocycles. The number of ether oxygens (including phenoxy) is 1. The highest BCUT2D eigenvalue weighted by atomic mass is 32.2. The van der Waals surface area contributed by atoms with E-state index in [0.717, 1.165) is 35.7 Å². The van der Waals surface area contributed by atoms with Crippen LogP contribution in [0.25, 0.3) is 0 Å². The predicted octanol–water partition coefficient (Wildman–Crippen LogP) is 2.71. The van der Waals surface area contributed by atoms with Crippen LogP contribution in [0.3, 0.4) is 0 Å². The molecule has 0 aliphatic carbocycles. The van der Waals surface area contributed by atoms with Gasteiger partial charge in [-0.3, -0.25) is 4.21 Å².